The van der Waals surface area contributed by atoms with Gasteiger partial charge in [0.15, 0.2) is 0 Å². The summed E-state index contributed by atoms with van der Waals surface area (Å²) in [4.78, 5) is 9.96. The van der Waals surface area contributed by atoms with Crippen LogP contribution >= 0.6 is 0 Å². The zero-order chi connectivity index (χ0) is 7.98. The molecular formula is C7H12O3. The van der Waals surface area contributed by atoms with E-state index in [0.717, 1.165) is 0 Å². The molecule has 0 heterocycles. The fourth-order valence-electron chi connectivity index (χ4n) is 0.580. The van der Waals surface area contributed by atoms with Crippen LogP contribution in [0, 0.1) is 0 Å². The smallest absolute Gasteiger partial charge is 0.303 e. The fourth-order valence-corrected chi connectivity index (χ4v) is 0.580. The second-order valence-corrected chi connectivity index (χ2v) is 2.09. The maximum atomic E-state index is 9.96. The second kappa shape index (κ2) is 4.99. The highest BCUT2D eigenvalue weighted by molar-refractivity contribution is 5.66. The molecule has 58 valence electrons. The molecule has 0 radical (unpaired) electrons. The zero-order valence-electron chi connectivity index (χ0n) is 5.79. The first-order chi connectivity index (χ1) is 4.66. The summed E-state index contributed by atoms with van der Waals surface area (Å²) < 4.78 is 0. The summed E-state index contributed by atoms with van der Waals surface area (Å²) in [5, 5.41) is 17.1. The van der Waals surface area contributed by atoms with Crippen molar-refractivity contribution in [2.24, 2.45) is 0 Å². The Morgan fingerprint density at radius 3 is 2.70 bits per heavy atom. The van der Waals surface area contributed by atoms with Crippen molar-refractivity contribution >= 4 is 5.97 Å². The number of hydrogen-bond donors (Lipinski definition) is 2. The van der Waals surface area contributed by atoms with E-state index in [1.807, 2.05) is 0 Å². The number of hydrogen-bond acceptors (Lipinski definition) is 2. The fraction of sp³-hybridized carbons (Fsp3) is 0.571. The van der Waals surface area contributed by atoms with Crippen LogP contribution in [0.25, 0.3) is 0 Å². The molecule has 1 atom stereocenters. The van der Waals surface area contributed by atoms with Crippen LogP contribution in [0.15, 0.2) is 12.7 Å². The average molecular weight is 144 g/mol. The summed E-state index contributed by atoms with van der Waals surface area (Å²) in [5.41, 5.74) is 0. The third kappa shape index (κ3) is 5.31. The van der Waals surface area contributed by atoms with E-state index in [9.17, 15) is 4.79 Å². The van der Waals surface area contributed by atoms with Crippen molar-refractivity contribution in [2.45, 2.75) is 25.4 Å². The highest BCUT2D eigenvalue weighted by Crippen LogP contribution is 2.00. The Morgan fingerprint density at radius 1 is 1.70 bits per heavy atom. The second-order valence-electron chi connectivity index (χ2n) is 2.09. The van der Waals surface area contributed by atoms with E-state index >= 15 is 0 Å². The Hall–Kier alpha value is -0.830. The first kappa shape index (κ1) is 9.17. The summed E-state index contributed by atoms with van der Waals surface area (Å²) in [6, 6.07) is 0. The number of carboxylic acid groups (broad SMARTS) is 1. The highest BCUT2D eigenvalue weighted by atomic mass is 16.4. The Balaban J connectivity index is 3.19. The van der Waals surface area contributed by atoms with E-state index < -0.39 is 12.1 Å². The topological polar surface area (TPSA) is 57.5 Å². The Kier molecular flexibility index (Phi) is 4.58. The van der Waals surface area contributed by atoms with Gasteiger partial charge in [-0.2, -0.15) is 0 Å². The molecule has 3 nitrogen and oxygen atoms in total. The summed E-state index contributed by atoms with van der Waals surface area (Å²) >= 11 is 0. The van der Waals surface area contributed by atoms with Gasteiger partial charge < -0.3 is 10.2 Å². The minimum absolute atomic E-state index is 0.116. The van der Waals surface area contributed by atoms with Crippen molar-refractivity contribution in [1.29, 1.82) is 0 Å². The van der Waals surface area contributed by atoms with Crippen molar-refractivity contribution in [3.63, 3.8) is 0 Å². The Labute approximate surface area is 60.0 Å². The van der Waals surface area contributed by atoms with Gasteiger partial charge in [0.1, 0.15) is 0 Å². The molecule has 0 amide bonds. The third-order valence-corrected chi connectivity index (χ3v) is 1.16. The number of aliphatic carboxylic acids is 1. The minimum Gasteiger partial charge on any atom is -0.481 e. The lowest BCUT2D eigenvalue weighted by molar-refractivity contribution is -0.137. The molecular weight excluding hydrogens is 132 g/mol. The molecule has 0 aromatic rings. The molecule has 0 aliphatic rings. The highest BCUT2D eigenvalue weighted by Gasteiger charge is 2.00. The third-order valence-electron chi connectivity index (χ3n) is 1.16. The van der Waals surface area contributed by atoms with Crippen molar-refractivity contribution in [3.05, 3.63) is 12.7 Å². The van der Waals surface area contributed by atoms with Crippen LogP contribution in [0.2, 0.25) is 0 Å². The summed E-state index contributed by atoms with van der Waals surface area (Å²) in [5.74, 6) is -0.823. The normalized spacial score (nSPS) is 12.5. The van der Waals surface area contributed by atoms with Crippen molar-refractivity contribution in [3.8, 4) is 0 Å². The van der Waals surface area contributed by atoms with Crippen LogP contribution in [-0.4, -0.2) is 22.3 Å². The van der Waals surface area contributed by atoms with Crippen LogP contribution in [-0.2, 0) is 4.79 Å². The summed E-state index contributed by atoms with van der Waals surface area (Å²) in [6.45, 7) is 3.36. The number of carbonyl (C=O) groups is 1. The molecule has 0 aromatic heterocycles. The Bertz CT molecular complexity index is 120. The number of carboxylic acids is 1. The van der Waals surface area contributed by atoms with E-state index in [0.29, 0.717) is 12.8 Å². The van der Waals surface area contributed by atoms with Gasteiger partial charge in [-0.25, -0.2) is 0 Å². The maximum absolute atomic E-state index is 9.96. The van der Waals surface area contributed by atoms with Gasteiger partial charge in [-0.1, -0.05) is 6.08 Å². The largest absolute Gasteiger partial charge is 0.481 e. The van der Waals surface area contributed by atoms with E-state index in [1.54, 1.807) is 0 Å². The van der Waals surface area contributed by atoms with Crippen LogP contribution in [0.4, 0.5) is 0 Å². The molecule has 1 unspecified atom stereocenters. The summed E-state index contributed by atoms with van der Waals surface area (Å²) in [6.07, 6.45) is 1.95. The summed E-state index contributed by atoms with van der Waals surface area (Å²) in [7, 11) is 0. The standard InChI is InChI=1S/C7H12O3/c1-2-6(8)4-3-5-7(9)10/h2,6,8H,1,3-5H2,(H,9,10). The van der Waals surface area contributed by atoms with E-state index in [4.69, 9.17) is 10.2 Å². The minimum atomic E-state index is -0.823. The Morgan fingerprint density at radius 2 is 2.30 bits per heavy atom. The maximum Gasteiger partial charge on any atom is 0.303 e. The number of aliphatic hydroxyl groups excluding tert-OH is 1. The lowest BCUT2D eigenvalue weighted by Crippen LogP contribution is -2.03. The molecule has 0 saturated heterocycles. The van der Waals surface area contributed by atoms with Crippen molar-refractivity contribution in [1.82, 2.24) is 0 Å². The number of rotatable bonds is 5. The van der Waals surface area contributed by atoms with Gasteiger partial charge in [0.05, 0.1) is 6.10 Å². The van der Waals surface area contributed by atoms with Gasteiger partial charge in [0.2, 0.25) is 0 Å². The molecule has 0 aliphatic heterocycles. The molecule has 2 N–H and O–H groups in total. The van der Waals surface area contributed by atoms with E-state index in [1.165, 1.54) is 6.08 Å². The molecule has 10 heavy (non-hydrogen) atoms. The van der Waals surface area contributed by atoms with Gasteiger partial charge in [0, 0.05) is 6.42 Å². The molecule has 0 aliphatic carbocycles. The van der Waals surface area contributed by atoms with Crippen LogP contribution in [0.5, 0.6) is 0 Å². The molecule has 0 aromatic carbocycles. The molecule has 0 spiro atoms. The lowest BCUT2D eigenvalue weighted by Gasteiger charge is -2.01. The van der Waals surface area contributed by atoms with Crippen molar-refractivity contribution in [2.75, 3.05) is 0 Å². The predicted molar refractivity (Wildman–Crippen MR) is 37.7 cm³/mol. The monoisotopic (exact) mass is 144 g/mol. The van der Waals surface area contributed by atoms with Gasteiger partial charge >= 0.3 is 5.97 Å². The quantitative estimate of drug-likeness (QED) is 0.561. The van der Waals surface area contributed by atoms with E-state index in [2.05, 4.69) is 6.58 Å². The van der Waals surface area contributed by atoms with Crippen molar-refractivity contribution < 1.29 is 15.0 Å². The molecule has 0 rings (SSSR count). The van der Waals surface area contributed by atoms with Crippen LogP contribution < -0.4 is 0 Å². The van der Waals surface area contributed by atoms with E-state index in [-0.39, 0.29) is 6.42 Å². The van der Waals surface area contributed by atoms with Gasteiger partial charge in [-0.05, 0) is 12.8 Å². The molecule has 3 heteroatoms. The molecule has 0 bridgehead atoms. The number of aliphatic hydroxyl groups is 1. The van der Waals surface area contributed by atoms with Gasteiger partial charge in [0.25, 0.3) is 0 Å². The van der Waals surface area contributed by atoms with Crippen LogP contribution in [0.3, 0.4) is 0 Å². The van der Waals surface area contributed by atoms with Crippen LogP contribution in [0.1, 0.15) is 19.3 Å². The predicted octanol–water partition coefficient (Wildman–Crippen LogP) is 0.788. The average Bonchev–Trinajstić information content (AvgIpc) is 1.87. The first-order valence-corrected chi connectivity index (χ1v) is 3.19. The zero-order valence-corrected chi connectivity index (χ0v) is 5.79. The van der Waals surface area contributed by atoms with Gasteiger partial charge in [-0.15, -0.1) is 6.58 Å². The van der Waals surface area contributed by atoms with Gasteiger partial charge in [-0.3, -0.25) is 4.79 Å². The first-order valence-electron chi connectivity index (χ1n) is 3.19. The molecule has 0 saturated carbocycles. The SMILES string of the molecule is C=CC(O)CCCC(=O)O. The lowest BCUT2D eigenvalue weighted by atomic mass is 10.1. The molecule has 0 fully saturated rings.